The van der Waals surface area contributed by atoms with E-state index in [4.69, 9.17) is 19.2 Å². The Morgan fingerprint density at radius 3 is 0.900 bits per heavy atom. The van der Waals surface area contributed by atoms with E-state index in [1.54, 1.807) is 0 Å². The van der Waals surface area contributed by atoms with Crippen LogP contribution in [0.2, 0.25) is 0 Å². The van der Waals surface area contributed by atoms with E-state index in [1.807, 2.05) is 0 Å². The maximum atomic E-state index is 8.55. The van der Waals surface area contributed by atoms with Crippen LogP contribution >= 0.6 is 7.82 Å². The molecule has 0 heterocycles. The number of hydrogen-bond donors (Lipinski definition) is 0. The fourth-order valence-electron chi connectivity index (χ4n) is 0. The molecule has 0 amide bonds. The van der Waals surface area contributed by atoms with E-state index in [2.05, 4.69) is 0 Å². The molecule has 0 aromatic heterocycles. The Balaban J connectivity index is -0.00000000800. The van der Waals surface area contributed by atoms with Crippen LogP contribution in [0.5, 0.6) is 0 Å². The molecule has 0 spiro atoms. The summed E-state index contributed by atoms with van der Waals surface area (Å²) in [6, 6.07) is 0. The zero-order chi connectivity index (χ0) is 4.50. The summed E-state index contributed by atoms with van der Waals surface area (Å²) in [5, 5.41) is 0. The van der Waals surface area contributed by atoms with Crippen LogP contribution in [-0.4, -0.2) is 16.4 Å². The standard InChI is InChI=1S/H3O4P.3H2O.2Zn/c1-5(2,3)4;;;;;/h(H3,1,2,3,4);3*1H2;;/q;;;;2*+2/p-4. The molecule has 56 valence electrons. The molecule has 0 fully saturated rings. The Hall–Kier alpha value is 1.24. The van der Waals surface area contributed by atoms with Crippen LogP contribution in [-0.2, 0) is 43.5 Å². The van der Waals surface area contributed by atoms with Gasteiger partial charge in [-0.25, -0.2) is 0 Å². The second-order valence-electron chi connectivity index (χ2n) is 0.447. The van der Waals surface area contributed by atoms with Crippen molar-refractivity contribution in [1.29, 1.82) is 0 Å². The zero-order valence-corrected chi connectivity index (χ0v) is 11.8. The molecule has 0 bridgehead atoms. The van der Waals surface area contributed by atoms with E-state index in [1.165, 1.54) is 0 Å². The van der Waals surface area contributed by atoms with Crippen molar-refractivity contribution in [2.24, 2.45) is 0 Å². The van der Waals surface area contributed by atoms with Gasteiger partial charge in [-0.15, -0.1) is 0 Å². The molecule has 0 saturated carbocycles. The van der Waals surface area contributed by atoms with Gasteiger partial charge in [-0.05, 0) is 0 Å². The molecular weight excluding hydrogens is 274 g/mol. The van der Waals surface area contributed by atoms with E-state index >= 15 is 0 Å². The first-order chi connectivity index (χ1) is 2.00. The van der Waals surface area contributed by atoms with Gasteiger partial charge in [0.25, 0.3) is 0 Å². The smallest absolute Gasteiger partial charge is 0.870 e. The van der Waals surface area contributed by atoms with Gasteiger partial charge in [0.15, 0.2) is 0 Å². The van der Waals surface area contributed by atoms with Gasteiger partial charge in [0.05, 0.1) is 0 Å². The molecule has 0 aliphatic carbocycles. The molecule has 7 nitrogen and oxygen atoms in total. The van der Waals surface area contributed by atoms with Gasteiger partial charge < -0.3 is 35.7 Å². The monoisotopic (exact) mass is 276 g/mol. The third kappa shape index (κ3) is 410. The summed E-state index contributed by atoms with van der Waals surface area (Å²) in [4.78, 5) is 25.6. The van der Waals surface area contributed by atoms with Crippen molar-refractivity contribution in [3.63, 3.8) is 0 Å². The van der Waals surface area contributed by atoms with Crippen LogP contribution in [0.4, 0.5) is 0 Å². The normalized spacial score (nSPS) is 5.90. The molecule has 0 aliphatic heterocycles. The quantitative estimate of drug-likeness (QED) is 0.318. The fourth-order valence-corrected chi connectivity index (χ4v) is 0. The minimum absolute atomic E-state index is 0. The number of hydrogen-bond acceptors (Lipinski definition) is 5. The topological polar surface area (TPSA) is 179 Å². The molecule has 0 rings (SSSR count). The predicted octanol–water partition coefficient (Wildman–Crippen LogP) is -4.66. The Labute approximate surface area is 82.5 Å². The van der Waals surface area contributed by atoms with Crippen molar-refractivity contribution in [2.45, 2.75) is 0 Å². The summed E-state index contributed by atoms with van der Waals surface area (Å²) in [5.74, 6) is 0. The second-order valence-corrected chi connectivity index (χ2v) is 1.34. The molecular formula is H5O7PZn2. The Morgan fingerprint density at radius 1 is 0.900 bits per heavy atom. The van der Waals surface area contributed by atoms with Crippen molar-refractivity contribution < 1.29 is 74.6 Å². The summed E-state index contributed by atoms with van der Waals surface area (Å²) in [6.07, 6.45) is 0. The van der Waals surface area contributed by atoms with Crippen molar-refractivity contribution >= 4 is 7.82 Å². The van der Waals surface area contributed by atoms with Gasteiger partial charge in [0.2, 0.25) is 0 Å². The predicted molar refractivity (Wildman–Crippen MR) is 16.8 cm³/mol. The third-order valence-electron chi connectivity index (χ3n) is 0. The van der Waals surface area contributed by atoms with Crippen LogP contribution in [0.1, 0.15) is 0 Å². The van der Waals surface area contributed by atoms with Crippen LogP contribution in [0.25, 0.3) is 0 Å². The first-order valence-corrected chi connectivity index (χ1v) is 2.19. The molecule has 10 heavy (non-hydrogen) atoms. The number of rotatable bonds is 0. The fraction of sp³-hybridized carbons (Fsp3) is 0. The molecule has 0 aliphatic rings. The molecule has 10 heteroatoms. The van der Waals surface area contributed by atoms with Gasteiger partial charge in [0, 0.05) is 0 Å². The molecule has 0 radical (unpaired) electrons. The maximum absolute atomic E-state index is 8.55. The zero-order valence-electron chi connectivity index (χ0n) is 4.94. The molecule has 5 N–H and O–H groups in total. The van der Waals surface area contributed by atoms with Crippen molar-refractivity contribution in [1.82, 2.24) is 0 Å². The summed E-state index contributed by atoms with van der Waals surface area (Å²) in [6.45, 7) is 0. The van der Waals surface area contributed by atoms with Crippen LogP contribution in [0.3, 0.4) is 0 Å². The average Bonchev–Trinajstić information content (AvgIpc) is 0.722. The Bertz CT molecular complexity index is 57.7. The van der Waals surface area contributed by atoms with Gasteiger partial charge in [-0.2, -0.15) is 7.82 Å². The first-order valence-electron chi connectivity index (χ1n) is 0.730. The number of phosphoric acid groups is 1. The van der Waals surface area contributed by atoms with Gasteiger partial charge in [0.1, 0.15) is 0 Å². The molecule has 0 aromatic carbocycles. The van der Waals surface area contributed by atoms with Crippen LogP contribution < -0.4 is 14.7 Å². The van der Waals surface area contributed by atoms with Crippen molar-refractivity contribution in [3.8, 4) is 0 Å². The van der Waals surface area contributed by atoms with Crippen molar-refractivity contribution in [2.75, 3.05) is 0 Å². The minimum atomic E-state index is -5.39. The van der Waals surface area contributed by atoms with E-state index in [0.717, 1.165) is 0 Å². The second kappa shape index (κ2) is 16.7. The summed E-state index contributed by atoms with van der Waals surface area (Å²) < 4.78 is 8.55. The molecule has 0 atom stereocenters. The van der Waals surface area contributed by atoms with E-state index in [-0.39, 0.29) is 55.4 Å². The average molecular weight is 279 g/mol. The molecule has 0 aromatic rings. The molecule has 0 saturated heterocycles. The Morgan fingerprint density at radius 2 is 0.900 bits per heavy atom. The van der Waals surface area contributed by atoms with Gasteiger partial charge in [-0.1, -0.05) is 0 Å². The largest absolute Gasteiger partial charge is 2.00 e. The third-order valence-corrected chi connectivity index (χ3v) is 0. The van der Waals surface area contributed by atoms with Crippen LogP contribution in [0.15, 0.2) is 0 Å². The maximum Gasteiger partial charge on any atom is 2.00 e. The van der Waals surface area contributed by atoms with Crippen LogP contribution in [0, 0.1) is 0 Å². The van der Waals surface area contributed by atoms with E-state index in [0.29, 0.717) is 0 Å². The van der Waals surface area contributed by atoms with E-state index < -0.39 is 7.82 Å². The van der Waals surface area contributed by atoms with Gasteiger partial charge >= 0.3 is 39.0 Å². The minimum Gasteiger partial charge on any atom is -0.870 e. The Kier molecular flexibility index (Phi) is 71.6. The van der Waals surface area contributed by atoms with Crippen molar-refractivity contribution in [3.05, 3.63) is 0 Å². The summed E-state index contributed by atoms with van der Waals surface area (Å²) in [7, 11) is -5.39. The SMILES string of the molecule is O.O.O=P([O-])([O-])[O-].[OH-].[Zn+2].[Zn+2]. The molecule has 0 unspecified atom stereocenters. The summed E-state index contributed by atoms with van der Waals surface area (Å²) >= 11 is 0. The van der Waals surface area contributed by atoms with E-state index in [9.17, 15) is 0 Å². The first kappa shape index (κ1) is 42.9. The van der Waals surface area contributed by atoms with Gasteiger partial charge in [-0.3, -0.25) is 0 Å². The summed E-state index contributed by atoms with van der Waals surface area (Å²) in [5.41, 5.74) is 0.